The van der Waals surface area contributed by atoms with Crippen molar-refractivity contribution in [1.82, 2.24) is 10.7 Å². The van der Waals surface area contributed by atoms with Gasteiger partial charge in [-0.05, 0) is 38.5 Å². The molecule has 4 fully saturated rings. The van der Waals surface area contributed by atoms with Gasteiger partial charge < -0.3 is 10.1 Å². The van der Waals surface area contributed by atoms with E-state index < -0.39 is 0 Å². The van der Waals surface area contributed by atoms with Crippen molar-refractivity contribution in [1.29, 1.82) is 0 Å². The van der Waals surface area contributed by atoms with Crippen molar-refractivity contribution in [2.24, 2.45) is 11.3 Å². The molecule has 2 bridgehead atoms. The highest BCUT2D eigenvalue weighted by Gasteiger charge is 2.72. The first-order valence-corrected chi connectivity index (χ1v) is 6.51. The van der Waals surface area contributed by atoms with E-state index in [0.717, 1.165) is 12.8 Å². The number of hydrazine groups is 1. The fourth-order valence-electron chi connectivity index (χ4n) is 3.38. The van der Waals surface area contributed by atoms with Gasteiger partial charge in [-0.3, -0.25) is 15.0 Å². The number of hydrogen-bond acceptors (Lipinski definition) is 4. The predicted molar refractivity (Wildman–Crippen MR) is 63.1 cm³/mol. The summed E-state index contributed by atoms with van der Waals surface area (Å²) >= 11 is 0. The van der Waals surface area contributed by atoms with Crippen LogP contribution < -0.4 is 16.6 Å². The van der Waals surface area contributed by atoms with E-state index in [1.165, 1.54) is 6.42 Å². The van der Waals surface area contributed by atoms with Gasteiger partial charge in [-0.1, -0.05) is 0 Å². The maximum atomic E-state index is 11.7. The highest BCUT2D eigenvalue weighted by Crippen LogP contribution is 2.67. The Morgan fingerprint density at radius 3 is 2.44 bits per heavy atom. The van der Waals surface area contributed by atoms with E-state index >= 15 is 0 Å². The molecule has 0 radical (unpaired) electrons. The molecule has 18 heavy (non-hydrogen) atoms. The zero-order valence-corrected chi connectivity index (χ0v) is 10.3. The summed E-state index contributed by atoms with van der Waals surface area (Å²) in [6.07, 6.45) is 5.73. The lowest BCUT2D eigenvalue weighted by molar-refractivity contribution is -0.185. The van der Waals surface area contributed by atoms with Crippen LogP contribution >= 0.6 is 0 Å². The van der Waals surface area contributed by atoms with Gasteiger partial charge in [0.2, 0.25) is 11.8 Å². The molecule has 4 aliphatic carbocycles. The topological polar surface area (TPSA) is 93.5 Å². The van der Waals surface area contributed by atoms with Gasteiger partial charge in [0, 0.05) is 5.54 Å². The van der Waals surface area contributed by atoms with Crippen molar-refractivity contribution in [3.63, 3.8) is 0 Å². The molecule has 4 aliphatic rings. The number of carbonyl (C=O) groups is 2. The molecule has 0 unspecified atom stereocenters. The van der Waals surface area contributed by atoms with Gasteiger partial charge in [-0.25, -0.2) is 5.84 Å². The Balaban J connectivity index is 1.40. The number of amides is 2. The Bertz CT molecular complexity index is 372. The Hall–Kier alpha value is -1.14. The summed E-state index contributed by atoms with van der Waals surface area (Å²) in [6, 6.07) is 0. The molecule has 0 saturated heterocycles. The molecular formula is C12H19N3O3. The lowest BCUT2D eigenvalue weighted by Crippen LogP contribution is -2.78. The monoisotopic (exact) mass is 253 g/mol. The average Bonchev–Trinajstić information content (AvgIpc) is 2.18. The van der Waals surface area contributed by atoms with Crippen LogP contribution in [0.2, 0.25) is 0 Å². The molecule has 2 amide bonds. The van der Waals surface area contributed by atoms with Gasteiger partial charge in [-0.2, -0.15) is 0 Å². The summed E-state index contributed by atoms with van der Waals surface area (Å²) in [5.41, 5.74) is 1.73. The summed E-state index contributed by atoms with van der Waals surface area (Å²) in [6.45, 7) is 0.141. The smallest absolute Gasteiger partial charge is 0.246 e. The Labute approximate surface area is 106 Å². The zero-order chi connectivity index (χ0) is 12.8. The van der Waals surface area contributed by atoms with Gasteiger partial charge in [0.15, 0.2) is 0 Å². The molecule has 6 nitrogen and oxygen atoms in total. The molecule has 0 spiro atoms. The van der Waals surface area contributed by atoms with Crippen LogP contribution in [0.25, 0.3) is 0 Å². The van der Waals surface area contributed by atoms with Crippen molar-refractivity contribution >= 4 is 11.8 Å². The highest BCUT2D eigenvalue weighted by atomic mass is 16.5. The second-order valence-corrected chi connectivity index (χ2v) is 5.98. The van der Waals surface area contributed by atoms with Crippen molar-refractivity contribution in [2.75, 3.05) is 6.61 Å². The molecule has 4 rings (SSSR count). The fourth-order valence-corrected chi connectivity index (χ4v) is 3.38. The first-order valence-electron chi connectivity index (χ1n) is 6.51. The molecule has 100 valence electrons. The van der Waals surface area contributed by atoms with Crippen molar-refractivity contribution < 1.29 is 14.3 Å². The molecule has 4 saturated carbocycles. The summed E-state index contributed by atoms with van der Waals surface area (Å²) in [5.74, 6) is 4.96. The Morgan fingerprint density at radius 2 is 1.94 bits per heavy atom. The maximum absolute atomic E-state index is 11.7. The van der Waals surface area contributed by atoms with Crippen LogP contribution in [0, 0.1) is 5.41 Å². The van der Waals surface area contributed by atoms with Crippen molar-refractivity contribution in [3.8, 4) is 0 Å². The SMILES string of the molecule is NNC(=O)C12CC(NC(=O)COC3CCC3)(C1)C2. The second-order valence-electron chi connectivity index (χ2n) is 5.98. The van der Waals surface area contributed by atoms with Crippen LogP contribution in [0.5, 0.6) is 0 Å². The van der Waals surface area contributed by atoms with Crippen LogP contribution in [-0.4, -0.2) is 30.1 Å². The van der Waals surface area contributed by atoms with Crippen LogP contribution in [0.1, 0.15) is 38.5 Å². The molecule has 4 N–H and O–H groups in total. The van der Waals surface area contributed by atoms with E-state index in [0.29, 0.717) is 19.3 Å². The predicted octanol–water partition coefficient (Wildman–Crippen LogP) is -0.416. The van der Waals surface area contributed by atoms with Gasteiger partial charge in [0.25, 0.3) is 0 Å². The molecule has 0 aromatic carbocycles. The van der Waals surface area contributed by atoms with Gasteiger partial charge >= 0.3 is 0 Å². The number of rotatable bonds is 5. The second kappa shape index (κ2) is 3.93. The quantitative estimate of drug-likeness (QED) is 0.352. The first kappa shape index (κ1) is 11.9. The minimum absolute atomic E-state index is 0.0663. The Kier molecular flexibility index (Phi) is 2.60. The molecule has 0 aromatic rings. The number of carbonyl (C=O) groups excluding carboxylic acids is 2. The molecule has 0 aliphatic heterocycles. The minimum atomic E-state index is -0.309. The lowest BCUT2D eigenvalue weighted by atomic mass is 9.39. The standard InChI is InChI=1S/C12H19N3O3/c13-15-10(17)11-5-12(6-11,7-11)14-9(16)4-18-8-2-1-3-8/h8H,1-7,13H2,(H,14,16)(H,15,17). The van der Waals surface area contributed by atoms with E-state index in [1.807, 2.05) is 0 Å². The number of ether oxygens (including phenoxy) is 1. The zero-order valence-electron chi connectivity index (χ0n) is 10.3. The summed E-state index contributed by atoms with van der Waals surface area (Å²) < 4.78 is 5.45. The van der Waals surface area contributed by atoms with Gasteiger partial charge in [0.05, 0.1) is 11.5 Å². The van der Waals surface area contributed by atoms with Crippen molar-refractivity contribution in [3.05, 3.63) is 0 Å². The van der Waals surface area contributed by atoms with E-state index in [4.69, 9.17) is 10.6 Å². The van der Waals surface area contributed by atoms with Crippen LogP contribution in [0.4, 0.5) is 0 Å². The van der Waals surface area contributed by atoms with Crippen LogP contribution in [-0.2, 0) is 14.3 Å². The average molecular weight is 253 g/mol. The lowest BCUT2D eigenvalue weighted by Gasteiger charge is -2.68. The largest absolute Gasteiger partial charge is 0.368 e. The van der Waals surface area contributed by atoms with E-state index in [1.54, 1.807) is 0 Å². The maximum Gasteiger partial charge on any atom is 0.246 e. The minimum Gasteiger partial charge on any atom is -0.368 e. The normalized spacial score (nSPS) is 36.9. The van der Waals surface area contributed by atoms with Crippen LogP contribution in [0.15, 0.2) is 0 Å². The molecular weight excluding hydrogens is 234 g/mol. The van der Waals surface area contributed by atoms with Gasteiger partial charge in [-0.15, -0.1) is 0 Å². The van der Waals surface area contributed by atoms with Gasteiger partial charge in [0.1, 0.15) is 6.61 Å². The van der Waals surface area contributed by atoms with Crippen LogP contribution in [0.3, 0.4) is 0 Å². The first-order chi connectivity index (χ1) is 8.57. The summed E-state index contributed by atoms with van der Waals surface area (Å²) in [7, 11) is 0. The van der Waals surface area contributed by atoms with E-state index in [-0.39, 0.29) is 35.5 Å². The summed E-state index contributed by atoms with van der Waals surface area (Å²) in [5, 5.41) is 2.98. The van der Waals surface area contributed by atoms with Crippen molar-refractivity contribution in [2.45, 2.75) is 50.2 Å². The third-order valence-corrected chi connectivity index (χ3v) is 4.55. The summed E-state index contributed by atoms with van der Waals surface area (Å²) in [4.78, 5) is 23.2. The number of nitrogens with one attached hydrogen (secondary N) is 2. The molecule has 0 aromatic heterocycles. The number of hydrogen-bond donors (Lipinski definition) is 3. The van der Waals surface area contributed by atoms with E-state index in [2.05, 4.69) is 10.7 Å². The molecule has 0 heterocycles. The number of nitrogens with two attached hydrogens (primary N) is 1. The third-order valence-electron chi connectivity index (χ3n) is 4.55. The molecule has 6 heteroatoms. The third kappa shape index (κ3) is 1.71. The Morgan fingerprint density at radius 1 is 1.28 bits per heavy atom. The van der Waals surface area contributed by atoms with E-state index in [9.17, 15) is 9.59 Å². The fraction of sp³-hybridized carbons (Fsp3) is 0.833. The highest BCUT2D eigenvalue weighted by molar-refractivity contribution is 5.88. The molecule has 0 atom stereocenters.